The van der Waals surface area contributed by atoms with Crippen LogP contribution in [0.15, 0.2) is 35.3 Å². The van der Waals surface area contributed by atoms with E-state index in [1.807, 2.05) is 24.3 Å². The van der Waals surface area contributed by atoms with Crippen LogP contribution in [-0.2, 0) is 6.54 Å². The summed E-state index contributed by atoms with van der Waals surface area (Å²) in [4.78, 5) is 26.3. The van der Waals surface area contributed by atoms with E-state index >= 15 is 0 Å². The van der Waals surface area contributed by atoms with Crippen LogP contribution >= 0.6 is 11.6 Å². The maximum absolute atomic E-state index is 12.3. The Bertz CT molecular complexity index is 981. The fourth-order valence-corrected chi connectivity index (χ4v) is 3.60. The second-order valence-electron chi connectivity index (χ2n) is 6.84. The molecular weight excluding hydrogens is 352 g/mol. The van der Waals surface area contributed by atoms with Crippen molar-refractivity contribution in [3.63, 3.8) is 0 Å². The first-order valence-electron chi connectivity index (χ1n) is 8.71. The highest BCUT2D eigenvalue weighted by atomic mass is 35.5. The molecule has 1 aromatic carbocycles. The molecule has 1 saturated heterocycles. The van der Waals surface area contributed by atoms with E-state index in [4.69, 9.17) is 11.6 Å². The van der Waals surface area contributed by atoms with Crippen molar-refractivity contribution in [2.24, 2.45) is 5.92 Å². The topological polar surface area (TPSA) is 78.8 Å². The molecule has 0 bridgehead atoms. The van der Waals surface area contributed by atoms with Gasteiger partial charge in [-0.2, -0.15) is 4.98 Å². The number of anilines is 1. The zero-order valence-corrected chi connectivity index (χ0v) is 15.3. The molecule has 2 N–H and O–H groups in total. The SMILES string of the molecule is CN1CCC(CNc2ncc3[nH]c(=O)n(Cc4ccccc4Cl)c3n2)C1. The van der Waals surface area contributed by atoms with Gasteiger partial charge in [0.25, 0.3) is 0 Å². The molecule has 8 heteroatoms. The van der Waals surface area contributed by atoms with Gasteiger partial charge < -0.3 is 15.2 Å². The van der Waals surface area contributed by atoms with Crippen molar-refractivity contribution in [3.8, 4) is 0 Å². The van der Waals surface area contributed by atoms with Crippen LogP contribution in [0, 0.1) is 5.92 Å². The van der Waals surface area contributed by atoms with Crippen molar-refractivity contribution in [3.05, 3.63) is 51.5 Å². The first-order chi connectivity index (χ1) is 12.6. The Morgan fingerprint density at radius 3 is 3.00 bits per heavy atom. The molecule has 0 amide bonds. The van der Waals surface area contributed by atoms with Gasteiger partial charge in [0.2, 0.25) is 5.95 Å². The van der Waals surface area contributed by atoms with Crippen LogP contribution in [0.4, 0.5) is 5.95 Å². The lowest BCUT2D eigenvalue weighted by molar-refractivity contribution is 0.399. The predicted octanol–water partition coefficient (Wildman–Crippen LogP) is 2.18. The molecule has 1 aliphatic rings. The molecule has 0 aliphatic carbocycles. The summed E-state index contributed by atoms with van der Waals surface area (Å²) >= 11 is 6.24. The molecule has 26 heavy (non-hydrogen) atoms. The molecule has 3 aromatic rings. The number of nitrogens with zero attached hydrogens (tertiary/aromatic N) is 4. The Labute approximate surface area is 156 Å². The number of rotatable bonds is 5. The van der Waals surface area contributed by atoms with E-state index < -0.39 is 0 Å². The molecule has 7 nitrogen and oxygen atoms in total. The molecule has 0 radical (unpaired) electrons. The van der Waals surface area contributed by atoms with Gasteiger partial charge in [0.1, 0.15) is 5.52 Å². The van der Waals surface area contributed by atoms with Crippen LogP contribution in [0.25, 0.3) is 11.2 Å². The smallest absolute Gasteiger partial charge is 0.328 e. The molecule has 4 rings (SSSR count). The Morgan fingerprint density at radius 2 is 2.23 bits per heavy atom. The summed E-state index contributed by atoms with van der Waals surface area (Å²) < 4.78 is 1.59. The zero-order chi connectivity index (χ0) is 18.1. The normalized spacial score (nSPS) is 17.8. The summed E-state index contributed by atoms with van der Waals surface area (Å²) in [5.74, 6) is 1.13. The number of benzene rings is 1. The second kappa shape index (κ2) is 7.09. The fourth-order valence-electron chi connectivity index (χ4n) is 3.40. The minimum Gasteiger partial charge on any atom is -0.354 e. The van der Waals surface area contributed by atoms with E-state index in [-0.39, 0.29) is 5.69 Å². The summed E-state index contributed by atoms with van der Waals surface area (Å²) in [5.41, 5.74) is 1.85. The summed E-state index contributed by atoms with van der Waals surface area (Å²) in [5, 5.41) is 3.94. The summed E-state index contributed by atoms with van der Waals surface area (Å²) in [6.45, 7) is 3.40. The van der Waals surface area contributed by atoms with Crippen LogP contribution in [0.5, 0.6) is 0 Å². The van der Waals surface area contributed by atoms with E-state index in [9.17, 15) is 4.79 Å². The quantitative estimate of drug-likeness (QED) is 0.717. The van der Waals surface area contributed by atoms with Gasteiger partial charge in [-0.25, -0.2) is 9.78 Å². The zero-order valence-electron chi connectivity index (χ0n) is 14.6. The van der Waals surface area contributed by atoms with Crippen LogP contribution in [0.2, 0.25) is 5.02 Å². The van der Waals surface area contributed by atoms with E-state index in [0.717, 1.165) is 25.2 Å². The van der Waals surface area contributed by atoms with Crippen molar-refractivity contribution in [2.75, 3.05) is 32.0 Å². The number of fused-ring (bicyclic) bond motifs is 1. The fraction of sp³-hybridized carbons (Fsp3) is 0.389. The Morgan fingerprint density at radius 1 is 1.38 bits per heavy atom. The van der Waals surface area contributed by atoms with Crippen molar-refractivity contribution in [1.82, 2.24) is 24.4 Å². The Balaban J connectivity index is 1.58. The van der Waals surface area contributed by atoms with E-state index in [1.165, 1.54) is 6.42 Å². The van der Waals surface area contributed by atoms with Crippen LogP contribution in [0.3, 0.4) is 0 Å². The molecule has 1 fully saturated rings. The van der Waals surface area contributed by atoms with Crippen LogP contribution in [0.1, 0.15) is 12.0 Å². The maximum Gasteiger partial charge on any atom is 0.328 e. The van der Waals surface area contributed by atoms with E-state index in [2.05, 4.69) is 32.2 Å². The van der Waals surface area contributed by atoms with E-state index in [0.29, 0.717) is 34.6 Å². The highest BCUT2D eigenvalue weighted by molar-refractivity contribution is 6.31. The number of hydrogen-bond acceptors (Lipinski definition) is 5. The molecule has 0 saturated carbocycles. The molecular formula is C18H21ClN6O. The number of H-pyrrole nitrogens is 1. The molecule has 1 unspecified atom stereocenters. The van der Waals surface area contributed by atoms with Gasteiger partial charge >= 0.3 is 5.69 Å². The molecule has 1 atom stereocenters. The highest BCUT2D eigenvalue weighted by Crippen LogP contribution is 2.18. The van der Waals surface area contributed by atoms with Gasteiger partial charge in [0.05, 0.1) is 12.7 Å². The highest BCUT2D eigenvalue weighted by Gasteiger charge is 2.19. The number of aromatic amines is 1. The van der Waals surface area contributed by atoms with Gasteiger partial charge in [-0.1, -0.05) is 29.8 Å². The second-order valence-corrected chi connectivity index (χ2v) is 7.24. The predicted molar refractivity (Wildman–Crippen MR) is 103 cm³/mol. The summed E-state index contributed by atoms with van der Waals surface area (Å²) in [6, 6.07) is 7.50. The summed E-state index contributed by atoms with van der Waals surface area (Å²) in [7, 11) is 2.13. The van der Waals surface area contributed by atoms with E-state index in [1.54, 1.807) is 10.8 Å². The number of aromatic nitrogens is 4. The minimum atomic E-state index is -0.219. The third-order valence-corrected chi connectivity index (χ3v) is 5.20. The lowest BCUT2D eigenvalue weighted by Gasteiger charge is -2.11. The molecule has 0 spiro atoms. The largest absolute Gasteiger partial charge is 0.354 e. The average molecular weight is 373 g/mol. The van der Waals surface area contributed by atoms with Crippen LogP contribution < -0.4 is 11.0 Å². The van der Waals surface area contributed by atoms with Crippen LogP contribution in [-0.4, -0.2) is 51.1 Å². The maximum atomic E-state index is 12.3. The van der Waals surface area contributed by atoms with Crippen molar-refractivity contribution < 1.29 is 0 Å². The average Bonchev–Trinajstić information content (AvgIpc) is 3.18. The van der Waals surface area contributed by atoms with Gasteiger partial charge in [0.15, 0.2) is 5.65 Å². The number of hydrogen-bond donors (Lipinski definition) is 2. The third kappa shape index (κ3) is 3.45. The lowest BCUT2D eigenvalue weighted by Crippen LogP contribution is -2.20. The van der Waals surface area contributed by atoms with Crippen molar-refractivity contribution >= 4 is 28.7 Å². The molecule has 1 aliphatic heterocycles. The van der Waals surface area contributed by atoms with Gasteiger partial charge in [-0.3, -0.25) is 4.57 Å². The lowest BCUT2D eigenvalue weighted by atomic mass is 10.1. The first-order valence-corrected chi connectivity index (χ1v) is 9.09. The first kappa shape index (κ1) is 17.1. The molecule has 2 aromatic heterocycles. The monoisotopic (exact) mass is 372 g/mol. The van der Waals surface area contributed by atoms with Crippen molar-refractivity contribution in [1.29, 1.82) is 0 Å². The number of nitrogens with one attached hydrogen (secondary N) is 2. The van der Waals surface area contributed by atoms with Gasteiger partial charge in [-0.15, -0.1) is 0 Å². The number of halogens is 1. The molecule has 3 heterocycles. The van der Waals surface area contributed by atoms with Crippen molar-refractivity contribution in [2.45, 2.75) is 13.0 Å². The number of imidazole rings is 1. The minimum absolute atomic E-state index is 0.219. The Hall–Kier alpha value is -2.38. The summed E-state index contributed by atoms with van der Waals surface area (Å²) in [6.07, 6.45) is 2.82. The van der Waals surface area contributed by atoms with Gasteiger partial charge in [-0.05, 0) is 37.6 Å². The van der Waals surface area contributed by atoms with Gasteiger partial charge in [0, 0.05) is 18.1 Å². The Kier molecular flexibility index (Phi) is 4.65. The standard InChI is InChI=1S/C18H21ClN6O/c1-24-7-6-12(10-24)8-20-17-21-9-15-16(23-17)25(18(26)22-15)11-13-4-2-3-5-14(13)19/h2-5,9,12H,6-8,10-11H2,1H3,(H,22,26)(H,20,21,23). The number of likely N-dealkylation sites (tertiary alicyclic amines) is 1. The molecule has 136 valence electrons. The third-order valence-electron chi connectivity index (χ3n) is 4.84.